The molecule has 0 spiro atoms. The number of hydrogen-bond donors (Lipinski definition) is 2. The van der Waals surface area contributed by atoms with Crippen molar-refractivity contribution in [1.29, 1.82) is 0 Å². The number of amidine groups is 1. The zero-order chi connectivity index (χ0) is 17.9. The molecular weight excluding hydrogens is 316 g/mol. The maximum Gasteiger partial charge on any atom is 0.158 e. The lowest BCUT2D eigenvalue weighted by atomic mass is 10.1. The third-order valence-corrected chi connectivity index (χ3v) is 3.79. The summed E-state index contributed by atoms with van der Waals surface area (Å²) in [6.45, 7) is 2.89. The lowest BCUT2D eigenvalue weighted by molar-refractivity contribution is 0.112. The van der Waals surface area contributed by atoms with Crippen LogP contribution >= 0.6 is 0 Å². The van der Waals surface area contributed by atoms with E-state index in [1.54, 1.807) is 24.3 Å². The van der Waals surface area contributed by atoms with Gasteiger partial charge in [0.2, 0.25) is 0 Å². The normalized spacial score (nSPS) is 11.2. The topological polar surface area (TPSA) is 70.9 Å². The molecule has 0 saturated heterocycles. The maximum absolute atomic E-state index is 11.1. The van der Waals surface area contributed by atoms with Crippen molar-refractivity contribution in [3.63, 3.8) is 0 Å². The van der Waals surface area contributed by atoms with Gasteiger partial charge in [0.1, 0.15) is 5.75 Å². The molecule has 0 bridgehead atoms. The van der Waals surface area contributed by atoms with Gasteiger partial charge >= 0.3 is 0 Å². The van der Waals surface area contributed by atoms with Crippen molar-refractivity contribution < 1.29 is 14.7 Å². The van der Waals surface area contributed by atoms with E-state index < -0.39 is 0 Å². The van der Waals surface area contributed by atoms with Gasteiger partial charge in [-0.25, -0.2) is 4.99 Å². The molecule has 2 aromatic carbocycles. The summed E-state index contributed by atoms with van der Waals surface area (Å²) in [6.07, 6.45) is 5.41. The first kappa shape index (κ1) is 18.7. The Kier molecular flexibility index (Phi) is 7.66. The van der Waals surface area contributed by atoms with Crippen LogP contribution in [0.15, 0.2) is 53.5 Å². The Labute approximate surface area is 148 Å². The molecule has 2 rings (SSSR count). The monoisotopic (exact) mass is 340 g/mol. The summed E-state index contributed by atoms with van der Waals surface area (Å²) in [7, 11) is 0. The average molecular weight is 340 g/mol. The Balaban J connectivity index is 2.05. The number of hydroxylamine groups is 1. The van der Waals surface area contributed by atoms with Crippen LogP contribution in [0.2, 0.25) is 0 Å². The molecule has 0 aromatic heterocycles. The molecule has 5 nitrogen and oxygen atoms in total. The Bertz CT molecular complexity index is 696. The fraction of sp³-hybridized carbons (Fsp3) is 0.300. The summed E-state index contributed by atoms with van der Waals surface area (Å²) in [5.74, 6) is 1.01. The molecule has 2 N–H and O–H groups in total. The number of carbonyl (C=O) groups is 1. The number of benzene rings is 2. The van der Waals surface area contributed by atoms with Gasteiger partial charge in [-0.05, 0) is 30.7 Å². The summed E-state index contributed by atoms with van der Waals surface area (Å²) in [5, 5.41) is 9.38. The van der Waals surface area contributed by atoms with Crippen molar-refractivity contribution in [2.45, 2.75) is 32.6 Å². The first-order valence-corrected chi connectivity index (χ1v) is 8.54. The molecule has 0 aliphatic rings. The standard InChI is InChI=1S/C20H24N2O3/c1-2-3-4-7-14-25-18-12-10-17(11-13-18)21-20(22-24)19-9-6-5-8-16(19)15-23/h5-6,8-13,15,24H,2-4,7,14H2,1H3,(H,21,22). The van der Waals surface area contributed by atoms with Crippen LogP contribution in [0, 0.1) is 0 Å². The van der Waals surface area contributed by atoms with Crippen LogP contribution in [0.5, 0.6) is 5.75 Å². The highest BCUT2D eigenvalue weighted by Gasteiger charge is 2.08. The van der Waals surface area contributed by atoms with Crippen LogP contribution in [-0.4, -0.2) is 23.9 Å². The molecule has 0 saturated carbocycles. The van der Waals surface area contributed by atoms with Gasteiger partial charge in [-0.1, -0.05) is 50.5 Å². The largest absolute Gasteiger partial charge is 0.494 e. The van der Waals surface area contributed by atoms with Crippen LogP contribution in [0.25, 0.3) is 0 Å². The van der Waals surface area contributed by atoms with Crippen LogP contribution in [0.1, 0.15) is 48.5 Å². The number of nitrogens with zero attached hydrogens (tertiary/aromatic N) is 1. The average Bonchev–Trinajstić information content (AvgIpc) is 2.67. The predicted molar refractivity (Wildman–Crippen MR) is 99.0 cm³/mol. The van der Waals surface area contributed by atoms with Crippen molar-refractivity contribution in [3.05, 3.63) is 59.7 Å². The zero-order valence-corrected chi connectivity index (χ0v) is 14.4. The molecule has 0 aliphatic heterocycles. The van der Waals surface area contributed by atoms with Crippen LogP contribution in [0.4, 0.5) is 5.69 Å². The molecular formula is C20H24N2O3. The van der Waals surface area contributed by atoms with E-state index in [-0.39, 0.29) is 5.84 Å². The first-order chi connectivity index (χ1) is 12.3. The zero-order valence-electron chi connectivity index (χ0n) is 14.4. The van der Waals surface area contributed by atoms with Crippen molar-refractivity contribution in [2.24, 2.45) is 4.99 Å². The van der Waals surface area contributed by atoms with Gasteiger partial charge in [0.05, 0.1) is 12.3 Å². The fourth-order valence-electron chi connectivity index (χ4n) is 2.43. The number of nitrogens with one attached hydrogen (secondary N) is 1. The summed E-state index contributed by atoms with van der Waals surface area (Å²) in [6, 6.07) is 14.2. The minimum Gasteiger partial charge on any atom is -0.494 e. The van der Waals surface area contributed by atoms with E-state index in [1.165, 1.54) is 19.3 Å². The molecule has 25 heavy (non-hydrogen) atoms. The van der Waals surface area contributed by atoms with E-state index in [9.17, 15) is 10.0 Å². The van der Waals surface area contributed by atoms with Gasteiger partial charge < -0.3 is 4.74 Å². The van der Waals surface area contributed by atoms with E-state index >= 15 is 0 Å². The number of aliphatic imine (C=N–C) groups is 1. The predicted octanol–water partition coefficient (Wildman–Crippen LogP) is 4.52. The molecule has 0 fully saturated rings. The van der Waals surface area contributed by atoms with E-state index in [0.717, 1.165) is 18.5 Å². The Morgan fingerprint density at radius 2 is 1.88 bits per heavy atom. The Hall–Kier alpha value is -2.66. The smallest absolute Gasteiger partial charge is 0.158 e. The van der Waals surface area contributed by atoms with Crippen LogP contribution in [-0.2, 0) is 0 Å². The van der Waals surface area contributed by atoms with Crippen molar-refractivity contribution in [1.82, 2.24) is 5.48 Å². The fourth-order valence-corrected chi connectivity index (χ4v) is 2.43. The quantitative estimate of drug-likeness (QED) is 0.231. The Morgan fingerprint density at radius 3 is 2.56 bits per heavy atom. The lowest BCUT2D eigenvalue weighted by Crippen LogP contribution is -2.21. The highest BCUT2D eigenvalue weighted by molar-refractivity contribution is 6.05. The van der Waals surface area contributed by atoms with Gasteiger partial charge in [0.15, 0.2) is 12.1 Å². The molecule has 0 atom stereocenters. The maximum atomic E-state index is 11.1. The molecule has 0 amide bonds. The molecule has 5 heteroatoms. The minimum absolute atomic E-state index is 0.218. The highest BCUT2D eigenvalue weighted by Crippen LogP contribution is 2.20. The van der Waals surface area contributed by atoms with Crippen LogP contribution < -0.4 is 10.2 Å². The molecule has 132 valence electrons. The second-order valence-electron chi connectivity index (χ2n) is 5.68. The third kappa shape index (κ3) is 5.72. The minimum atomic E-state index is 0.218. The van der Waals surface area contributed by atoms with E-state index in [0.29, 0.717) is 23.4 Å². The molecule has 0 unspecified atom stereocenters. The number of hydrogen-bond acceptors (Lipinski definition) is 4. The van der Waals surface area contributed by atoms with Gasteiger partial charge in [0, 0.05) is 11.1 Å². The number of aldehydes is 1. The second kappa shape index (κ2) is 10.3. The number of ether oxygens (including phenoxy) is 1. The summed E-state index contributed by atoms with van der Waals surface area (Å²) in [4.78, 5) is 15.5. The lowest BCUT2D eigenvalue weighted by Gasteiger charge is -2.08. The number of unbranched alkanes of at least 4 members (excludes halogenated alkanes) is 3. The van der Waals surface area contributed by atoms with Crippen LogP contribution in [0.3, 0.4) is 0 Å². The van der Waals surface area contributed by atoms with E-state index in [1.807, 2.05) is 24.3 Å². The van der Waals surface area contributed by atoms with Gasteiger partial charge in [-0.15, -0.1) is 0 Å². The number of rotatable bonds is 9. The SMILES string of the molecule is CCCCCCOc1ccc(N=C(NO)c2ccccc2C=O)cc1. The molecule has 0 radical (unpaired) electrons. The van der Waals surface area contributed by atoms with Gasteiger partial charge in [0.25, 0.3) is 0 Å². The molecule has 0 aliphatic carbocycles. The van der Waals surface area contributed by atoms with E-state index in [2.05, 4.69) is 17.4 Å². The second-order valence-corrected chi connectivity index (χ2v) is 5.68. The third-order valence-electron chi connectivity index (χ3n) is 3.79. The molecule has 0 heterocycles. The van der Waals surface area contributed by atoms with Gasteiger partial charge in [-0.2, -0.15) is 0 Å². The van der Waals surface area contributed by atoms with Gasteiger partial charge in [-0.3, -0.25) is 15.5 Å². The summed E-state index contributed by atoms with van der Waals surface area (Å²) >= 11 is 0. The van der Waals surface area contributed by atoms with Crippen molar-refractivity contribution in [2.75, 3.05) is 6.61 Å². The Morgan fingerprint density at radius 1 is 1.12 bits per heavy atom. The van der Waals surface area contributed by atoms with Crippen molar-refractivity contribution >= 4 is 17.8 Å². The first-order valence-electron chi connectivity index (χ1n) is 8.54. The summed E-state index contributed by atoms with van der Waals surface area (Å²) in [5.41, 5.74) is 3.71. The van der Waals surface area contributed by atoms with E-state index in [4.69, 9.17) is 4.74 Å². The number of carbonyl (C=O) groups excluding carboxylic acids is 1. The molecule has 2 aromatic rings. The van der Waals surface area contributed by atoms with Crippen molar-refractivity contribution in [3.8, 4) is 5.75 Å². The summed E-state index contributed by atoms with van der Waals surface area (Å²) < 4.78 is 5.70. The highest BCUT2D eigenvalue weighted by atomic mass is 16.5.